The first kappa shape index (κ1) is 23.3. The lowest BCUT2D eigenvalue weighted by Crippen LogP contribution is -2.28. The molecule has 0 aliphatic rings. The lowest BCUT2D eigenvalue weighted by Gasteiger charge is -2.15. The van der Waals surface area contributed by atoms with Crippen LogP contribution in [0.25, 0.3) is 0 Å². The van der Waals surface area contributed by atoms with Crippen LogP contribution in [0.15, 0.2) is 53.7 Å². The molecular weight excluding hydrogens is 525 g/mol. The fourth-order valence-electron chi connectivity index (χ4n) is 3.04. The van der Waals surface area contributed by atoms with Crippen molar-refractivity contribution in [3.8, 4) is 0 Å². The Morgan fingerprint density at radius 3 is 2.58 bits per heavy atom. The minimum Gasteiger partial charge on any atom is -0.342 e. The van der Waals surface area contributed by atoms with E-state index >= 15 is 0 Å². The second-order valence-corrected chi connectivity index (χ2v) is 9.13. The van der Waals surface area contributed by atoms with Crippen molar-refractivity contribution in [1.29, 1.82) is 0 Å². The number of hydrogen-bond acceptors (Lipinski definition) is 5. The SMILES string of the molecule is CCn1c(SCC(=O)Nc2ccc(I)cc2C)nnc1[C@H](C)NC(=O)c1ccccc1. The van der Waals surface area contributed by atoms with Crippen LogP contribution in [0.5, 0.6) is 0 Å². The number of aromatic nitrogens is 3. The number of halogens is 1. The molecule has 0 unspecified atom stereocenters. The molecule has 3 aromatic rings. The predicted octanol–water partition coefficient (Wildman–Crippen LogP) is 4.43. The quantitative estimate of drug-likeness (QED) is 0.321. The van der Waals surface area contributed by atoms with Crippen LogP contribution in [0.3, 0.4) is 0 Å². The normalized spacial score (nSPS) is 11.7. The van der Waals surface area contributed by atoms with Gasteiger partial charge in [-0.05, 0) is 79.3 Å². The average Bonchev–Trinajstić information content (AvgIpc) is 3.18. The summed E-state index contributed by atoms with van der Waals surface area (Å²) in [5.41, 5.74) is 2.42. The van der Waals surface area contributed by atoms with Gasteiger partial charge in [0.05, 0.1) is 11.8 Å². The number of carbonyl (C=O) groups excluding carboxylic acids is 2. The molecule has 2 aromatic carbocycles. The predicted molar refractivity (Wildman–Crippen MR) is 131 cm³/mol. The minimum absolute atomic E-state index is 0.105. The van der Waals surface area contributed by atoms with E-state index in [0.717, 1.165) is 14.8 Å². The molecule has 31 heavy (non-hydrogen) atoms. The summed E-state index contributed by atoms with van der Waals surface area (Å²) < 4.78 is 3.05. The van der Waals surface area contributed by atoms with E-state index in [2.05, 4.69) is 43.4 Å². The van der Waals surface area contributed by atoms with Crippen molar-refractivity contribution in [3.05, 3.63) is 69.1 Å². The first-order valence-electron chi connectivity index (χ1n) is 9.86. The molecule has 0 aliphatic carbocycles. The number of nitrogens with one attached hydrogen (secondary N) is 2. The third-order valence-corrected chi connectivity index (χ3v) is 6.27. The highest BCUT2D eigenvalue weighted by Crippen LogP contribution is 2.22. The Labute approximate surface area is 199 Å². The van der Waals surface area contributed by atoms with E-state index in [1.165, 1.54) is 11.8 Å². The van der Waals surface area contributed by atoms with Gasteiger partial charge < -0.3 is 15.2 Å². The fraction of sp³-hybridized carbons (Fsp3) is 0.273. The Balaban J connectivity index is 1.62. The van der Waals surface area contributed by atoms with Crippen LogP contribution in [0, 0.1) is 10.5 Å². The molecule has 7 nitrogen and oxygen atoms in total. The van der Waals surface area contributed by atoms with Gasteiger partial charge in [-0.1, -0.05) is 30.0 Å². The van der Waals surface area contributed by atoms with Crippen molar-refractivity contribution in [3.63, 3.8) is 0 Å². The lowest BCUT2D eigenvalue weighted by molar-refractivity contribution is -0.113. The van der Waals surface area contributed by atoms with Crippen molar-refractivity contribution in [2.45, 2.75) is 38.5 Å². The average molecular weight is 549 g/mol. The van der Waals surface area contributed by atoms with E-state index in [1.54, 1.807) is 12.1 Å². The summed E-state index contributed by atoms with van der Waals surface area (Å²) in [4.78, 5) is 24.9. The Hall–Kier alpha value is -2.40. The summed E-state index contributed by atoms with van der Waals surface area (Å²) in [6.45, 7) is 6.46. The molecule has 0 fully saturated rings. The third kappa shape index (κ3) is 6.07. The Kier molecular flexibility index (Phi) is 8.08. The molecule has 3 rings (SSSR count). The number of nitrogens with zero attached hydrogens (tertiary/aromatic N) is 3. The molecule has 0 bridgehead atoms. The van der Waals surface area contributed by atoms with Crippen LogP contribution >= 0.6 is 34.4 Å². The monoisotopic (exact) mass is 549 g/mol. The maximum Gasteiger partial charge on any atom is 0.251 e. The van der Waals surface area contributed by atoms with Gasteiger partial charge in [0.2, 0.25) is 5.91 Å². The third-order valence-electron chi connectivity index (χ3n) is 4.63. The zero-order valence-electron chi connectivity index (χ0n) is 17.6. The molecule has 1 aromatic heterocycles. The van der Waals surface area contributed by atoms with E-state index in [1.807, 2.05) is 61.7 Å². The van der Waals surface area contributed by atoms with Gasteiger partial charge in [0.25, 0.3) is 5.91 Å². The Morgan fingerprint density at radius 1 is 1.16 bits per heavy atom. The van der Waals surface area contributed by atoms with Gasteiger partial charge in [-0.25, -0.2) is 0 Å². The van der Waals surface area contributed by atoms with Crippen molar-refractivity contribution < 1.29 is 9.59 Å². The first-order valence-corrected chi connectivity index (χ1v) is 11.9. The van der Waals surface area contributed by atoms with Crippen LogP contribution in [0.2, 0.25) is 0 Å². The van der Waals surface area contributed by atoms with Crippen molar-refractivity contribution in [1.82, 2.24) is 20.1 Å². The van der Waals surface area contributed by atoms with Crippen molar-refractivity contribution in [2.75, 3.05) is 11.1 Å². The molecule has 2 N–H and O–H groups in total. The summed E-state index contributed by atoms with van der Waals surface area (Å²) in [6, 6.07) is 14.6. The van der Waals surface area contributed by atoms with Crippen LogP contribution < -0.4 is 10.6 Å². The summed E-state index contributed by atoms with van der Waals surface area (Å²) in [7, 11) is 0. The standard InChI is InChI=1S/C22H24IN5O2S/c1-4-28-20(15(3)24-21(30)16-8-6-5-7-9-16)26-27-22(28)31-13-19(29)25-18-11-10-17(23)12-14(18)2/h5-12,15H,4,13H2,1-3H3,(H,24,30)(H,25,29)/t15-/m0/s1. The van der Waals surface area contributed by atoms with Gasteiger partial charge in [0.1, 0.15) is 0 Å². The highest BCUT2D eigenvalue weighted by atomic mass is 127. The minimum atomic E-state index is -0.322. The topological polar surface area (TPSA) is 88.9 Å². The molecule has 0 saturated carbocycles. The van der Waals surface area contributed by atoms with E-state index in [-0.39, 0.29) is 23.6 Å². The zero-order chi connectivity index (χ0) is 22.4. The highest BCUT2D eigenvalue weighted by Gasteiger charge is 2.20. The van der Waals surface area contributed by atoms with Gasteiger partial charge in [-0.2, -0.15) is 0 Å². The molecule has 2 amide bonds. The number of amides is 2. The second-order valence-electron chi connectivity index (χ2n) is 6.94. The first-order chi connectivity index (χ1) is 14.9. The van der Waals surface area contributed by atoms with E-state index in [4.69, 9.17) is 0 Å². The molecule has 0 aliphatic heterocycles. The van der Waals surface area contributed by atoms with Gasteiger partial charge in [-0.15, -0.1) is 10.2 Å². The molecule has 0 radical (unpaired) electrons. The summed E-state index contributed by atoms with van der Waals surface area (Å²) in [6.07, 6.45) is 0. The van der Waals surface area contributed by atoms with Crippen LogP contribution in [0.4, 0.5) is 5.69 Å². The Morgan fingerprint density at radius 2 is 1.90 bits per heavy atom. The van der Waals surface area contributed by atoms with E-state index < -0.39 is 0 Å². The summed E-state index contributed by atoms with van der Waals surface area (Å²) in [5.74, 6) is 0.601. The number of anilines is 1. The number of hydrogen-bond donors (Lipinski definition) is 2. The molecule has 162 valence electrons. The fourth-order valence-corrected chi connectivity index (χ4v) is 4.50. The van der Waals surface area contributed by atoms with E-state index in [0.29, 0.717) is 23.1 Å². The van der Waals surface area contributed by atoms with Crippen LogP contribution in [-0.4, -0.2) is 32.3 Å². The van der Waals surface area contributed by atoms with Gasteiger partial charge >= 0.3 is 0 Å². The van der Waals surface area contributed by atoms with Gasteiger partial charge in [-0.3, -0.25) is 9.59 Å². The zero-order valence-corrected chi connectivity index (χ0v) is 20.5. The molecule has 9 heteroatoms. The smallest absolute Gasteiger partial charge is 0.251 e. The van der Waals surface area contributed by atoms with Crippen molar-refractivity contribution >= 4 is 51.9 Å². The molecule has 0 saturated heterocycles. The number of rotatable bonds is 8. The molecule has 1 atom stereocenters. The van der Waals surface area contributed by atoms with Crippen LogP contribution in [-0.2, 0) is 11.3 Å². The number of thioether (sulfide) groups is 1. The highest BCUT2D eigenvalue weighted by molar-refractivity contribution is 14.1. The maximum atomic E-state index is 12.4. The maximum absolute atomic E-state index is 12.4. The number of aryl methyl sites for hydroxylation is 1. The lowest BCUT2D eigenvalue weighted by atomic mass is 10.2. The van der Waals surface area contributed by atoms with Crippen LogP contribution in [0.1, 0.15) is 41.6 Å². The largest absolute Gasteiger partial charge is 0.342 e. The van der Waals surface area contributed by atoms with Crippen molar-refractivity contribution in [2.24, 2.45) is 0 Å². The van der Waals surface area contributed by atoms with Gasteiger partial charge in [0.15, 0.2) is 11.0 Å². The van der Waals surface area contributed by atoms with E-state index in [9.17, 15) is 9.59 Å². The summed E-state index contributed by atoms with van der Waals surface area (Å²) in [5, 5.41) is 15.0. The Bertz CT molecular complexity index is 1070. The van der Waals surface area contributed by atoms with Gasteiger partial charge in [0, 0.05) is 21.4 Å². The second kappa shape index (κ2) is 10.8. The number of benzene rings is 2. The number of carbonyl (C=O) groups is 2. The molecule has 0 spiro atoms. The molecule has 1 heterocycles. The molecular formula is C22H24IN5O2S. The summed E-state index contributed by atoms with van der Waals surface area (Å²) >= 11 is 3.57.